The molecule has 0 atom stereocenters. The van der Waals surface area contributed by atoms with E-state index in [0.29, 0.717) is 63.8 Å². The minimum Gasteiger partial charge on any atom is -0.491 e. The molecule has 0 radical (unpaired) electrons. The van der Waals surface area contributed by atoms with Gasteiger partial charge < -0.3 is 19.5 Å². The Labute approximate surface area is 286 Å². The molecule has 8 nitrogen and oxygen atoms in total. The number of hydrogen-bond acceptors (Lipinski definition) is 7. The zero-order valence-electron chi connectivity index (χ0n) is 26.7. The fourth-order valence-corrected chi connectivity index (χ4v) is 8.21. The highest BCUT2D eigenvalue weighted by molar-refractivity contribution is 7.92. The fourth-order valence-electron chi connectivity index (χ4n) is 5.51. The van der Waals surface area contributed by atoms with Gasteiger partial charge in [0.2, 0.25) is 10.0 Å². The van der Waals surface area contributed by atoms with Gasteiger partial charge in [0.1, 0.15) is 11.5 Å². The van der Waals surface area contributed by atoms with Crippen LogP contribution >= 0.6 is 22.9 Å². The van der Waals surface area contributed by atoms with E-state index in [1.54, 1.807) is 62.4 Å². The summed E-state index contributed by atoms with van der Waals surface area (Å²) < 4.78 is 83.7. The summed E-state index contributed by atoms with van der Waals surface area (Å²) in [6, 6.07) is 15.9. The number of alkyl halides is 3. The summed E-state index contributed by atoms with van der Waals surface area (Å²) in [6.07, 6.45) is -3.78. The summed E-state index contributed by atoms with van der Waals surface area (Å²) in [5.74, 6) is -0.551. The summed E-state index contributed by atoms with van der Waals surface area (Å²) in [5.41, 5.74) is 1.00. The molecule has 0 spiro atoms. The van der Waals surface area contributed by atoms with Gasteiger partial charge in [-0.3, -0.25) is 9.52 Å². The highest BCUT2D eigenvalue weighted by Crippen LogP contribution is 2.40. The van der Waals surface area contributed by atoms with Crippen LogP contribution in [-0.4, -0.2) is 45.8 Å². The van der Waals surface area contributed by atoms with Gasteiger partial charge in [0.05, 0.1) is 16.7 Å². The lowest BCUT2D eigenvalue weighted by molar-refractivity contribution is -0.274. The van der Waals surface area contributed by atoms with Crippen molar-refractivity contribution in [1.82, 2.24) is 0 Å². The number of rotatable bonds is 11. The maximum Gasteiger partial charge on any atom is 0.573 e. The van der Waals surface area contributed by atoms with Crippen molar-refractivity contribution >= 4 is 60.3 Å². The molecule has 48 heavy (non-hydrogen) atoms. The average Bonchev–Trinajstić information content (AvgIpc) is 3.39. The molecular weight excluding hydrogens is 689 g/mol. The molecule has 0 bridgehead atoms. The monoisotopic (exact) mass is 724 g/mol. The number of nitrogens with one attached hydrogen (secondary N) is 2. The molecule has 1 aromatic heterocycles. The molecule has 2 heterocycles. The molecular formula is C34H36ClF3N2O6S2. The predicted molar refractivity (Wildman–Crippen MR) is 183 cm³/mol. The maximum atomic E-state index is 13.4. The molecule has 5 rings (SSSR count). The van der Waals surface area contributed by atoms with Gasteiger partial charge in [-0.05, 0) is 104 Å². The highest BCUT2D eigenvalue weighted by Gasteiger charge is 2.33. The van der Waals surface area contributed by atoms with Crippen LogP contribution in [0.25, 0.3) is 10.1 Å². The third kappa shape index (κ3) is 9.34. The van der Waals surface area contributed by atoms with Crippen molar-refractivity contribution in [2.24, 2.45) is 5.92 Å². The first-order valence-electron chi connectivity index (χ1n) is 15.3. The number of benzene rings is 3. The topological polar surface area (TPSA) is 103 Å². The average molecular weight is 725 g/mol. The second-order valence-corrected chi connectivity index (χ2v) is 15.8. The van der Waals surface area contributed by atoms with Gasteiger partial charge >= 0.3 is 6.36 Å². The van der Waals surface area contributed by atoms with Crippen molar-refractivity contribution in [3.8, 4) is 11.5 Å². The number of sulfonamides is 1. The Hall–Kier alpha value is -3.52. The number of carbonyl (C=O) groups excluding carboxylic acids is 1. The molecule has 1 fully saturated rings. The molecule has 1 aliphatic heterocycles. The Bertz CT molecular complexity index is 1900. The molecule has 258 valence electrons. The molecule has 1 saturated heterocycles. The Kier molecular flexibility index (Phi) is 10.5. The van der Waals surface area contributed by atoms with Crippen molar-refractivity contribution in [3.05, 3.63) is 81.7 Å². The van der Waals surface area contributed by atoms with E-state index in [4.69, 9.17) is 21.1 Å². The van der Waals surface area contributed by atoms with E-state index in [1.807, 2.05) is 13.8 Å². The summed E-state index contributed by atoms with van der Waals surface area (Å²) in [7, 11) is -3.57. The quantitative estimate of drug-likeness (QED) is 0.160. The third-order valence-corrected chi connectivity index (χ3v) is 10.7. The van der Waals surface area contributed by atoms with Gasteiger partial charge in [-0.15, -0.1) is 24.5 Å². The molecule has 0 unspecified atom stereocenters. The van der Waals surface area contributed by atoms with Crippen LogP contribution in [0.5, 0.6) is 11.5 Å². The molecule has 2 N–H and O–H groups in total. The summed E-state index contributed by atoms with van der Waals surface area (Å²) in [5, 5.41) is 3.88. The minimum absolute atomic E-state index is 0.0176. The lowest BCUT2D eigenvalue weighted by Crippen LogP contribution is -2.27. The van der Waals surface area contributed by atoms with Crippen LogP contribution in [-0.2, 0) is 20.2 Å². The lowest BCUT2D eigenvalue weighted by atomic mass is 9.78. The van der Waals surface area contributed by atoms with Crippen LogP contribution < -0.4 is 19.5 Å². The molecule has 14 heteroatoms. The van der Waals surface area contributed by atoms with Crippen molar-refractivity contribution < 1.29 is 40.6 Å². The van der Waals surface area contributed by atoms with Crippen LogP contribution in [0, 0.1) is 5.92 Å². The molecule has 1 aliphatic rings. The van der Waals surface area contributed by atoms with Crippen LogP contribution in [0.3, 0.4) is 0 Å². The lowest BCUT2D eigenvalue weighted by Gasteiger charge is -2.28. The van der Waals surface area contributed by atoms with Gasteiger partial charge in [-0.1, -0.05) is 25.4 Å². The molecule has 3 aromatic carbocycles. The summed E-state index contributed by atoms with van der Waals surface area (Å²) in [6.45, 7) is 8.28. The first kappa shape index (κ1) is 35.8. The van der Waals surface area contributed by atoms with Crippen molar-refractivity contribution in [2.75, 3.05) is 29.0 Å². The second-order valence-electron chi connectivity index (χ2n) is 12.5. The van der Waals surface area contributed by atoms with Crippen LogP contribution in [0.1, 0.15) is 61.3 Å². The van der Waals surface area contributed by atoms with Crippen molar-refractivity contribution in [2.45, 2.75) is 58.4 Å². The van der Waals surface area contributed by atoms with Gasteiger partial charge in [0.15, 0.2) is 0 Å². The number of anilines is 2. The standard InChI is InChI=1S/C34H36ClF3N2O6S2/c1-20(2)45-28-15-24(16-29(18-28)46-34(36,37)38)33(3,4)23-13-25(35)17-27(14-23)39-32(41)31-12-22-11-26(5-6-30(22)47-31)40-48(42,43)19-21-7-9-44-10-8-21/h5-6,11-18,20-21,40H,7-10,19H2,1-4H3,(H,39,41). The number of halogens is 4. The Morgan fingerprint density at radius 2 is 1.67 bits per heavy atom. The number of fused-ring (bicyclic) bond motifs is 1. The first-order chi connectivity index (χ1) is 22.5. The smallest absolute Gasteiger partial charge is 0.491 e. The number of thiophene rings is 1. The predicted octanol–water partition coefficient (Wildman–Crippen LogP) is 8.99. The van der Waals surface area contributed by atoms with Crippen molar-refractivity contribution in [1.29, 1.82) is 0 Å². The number of ether oxygens (including phenoxy) is 3. The van der Waals surface area contributed by atoms with E-state index in [0.717, 1.165) is 4.70 Å². The number of hydrogen-bond donors (Lipinski definition) is 2. The molecule has 0 saturated carbocycles. The van der Waals surface area contributed by atoms with E-state index in [1.165, 1.54) is 23.5 Å². The summed E-state index contributed by atoms with van der Waals surface area (Å²) >= 11 is 7.73. The number of carbonyl (C=O) groups is 1. The second kappa shape index (κ2) is 14.1. The van der Waals surface area contributed by atoms with E-state index in [-0.39, 0.29) is 23.5 Å². The summed E-state index contributed by atoms with van der Waals surface area (Å²) in [4.78, 5) is 13.8. The van der Waals surface area contributed by atoms with Gasteiger partial charge in [0, 0.05) is 45.8 Å². The Morgan fingerprint density at radius 1 is 0.979 bits per heavy atom. The van der Waals surface area contributed by atoms with E-state index >= 15 is 0 Å². The maximum absolute atomic E-state index is 13.4. The third-order valence-electron chi connectivity index (χ3n) is 7.89. The Balaban J connectivity index is 1.35. The normalized spacial score (nSPS) is 14.7. The Morgan fingerprint density at radius 3 is 2.35 bits per heavy atom. The molecule has 4 aromatic rings. The highest BCUT2D eigenvalue weighted by atomic mass is 35.5. The van der Waals surface area contributed by atoms with Crippen LogP contribution in [0.15, 0.2) is 60.7 Å². The number of amides is 1. The van der Waals surface area contributed by atoms with Crippen LogP contribution in [0.4, 0.5) is 24.5 Å². The first-order valence-corrected chi connectivity index (χ1v) is 18.1. The molecule has 1 amide bonds. The van der Waals surface area contributed by atoms with Crippen molar-refractivity contribution in [3.63, 3.8) is 0 Å². The van der Waals surface area contributed by atoms with E-state index in [2.05, 4.69) is 14.8 Å². The largest absolute Gasteiger partial charge is 0.573 e. The van der Waals surface area contributed by atoms with E-state index < -0.39 is 33.5 Å². The van der Waals surface area contributed by atoms with Gasteiger partial charge in [-0.25, -0.2) is 8.42 Å². The van der Waals surface area contributed by atoms with Gasteiger partial charge in [-0.2, -0.15) is 0 Å². The van der Waals surface area contributed by atoms with Gasteiger partial charge in [0.25, 0.3) is 5.91 Å². The van der Waals surface area contributed by atoms with E-state index in [9.17, 15) is 26.4 Å². The SMILES string of the molecule is CC(C)Oc1cc(OC(F)(F)F)cc(C(C)(C)c2cc(Cl)cc(NC(=O)c3cc4cc(NS(=O)(=O)CC5CCOCC5)ccc4s3)c2)c1. The zero-order valence-corrected chi connectivity index (χ0v) is 29.1. The van der Waals surface area contributed by atoms with Crippen LogP contribution in [0.2, 0.25) is 5.02 Å². The zero-order chi connectivity index (χ0) is 34.9. The fraction of sp³-hybridized carbons (Fsp3) is 0.382. The minimum atomic E-state index is -4.89. The molecule has 0 aliphatic carbocycles.